The molecular weight excluding hydrogens is 460 g/mol. The molecule has 3 rings (SSSR count). The summed E-state index contributed by atoms with van der Waals surface area (Å²) < 4.78 is 10.6. The highest BCUT2D eigenvalue weighted by atomic mass is 35.5. The summed E-state index contributed by atoms with van der Waals surface area (Å²) in [6.07, 6.45) is 0. The van der Waals surface area contributed by atoms with Crippen LogP contribution in [0.5, 0.6) is 0 Å². The zero-order chi connectivity index (χ0) is 23.8. The molecule has 1 atom stereocenters. The number of nitriles is 1. The number of ether oxygens (including phenoxy) is 2. The zero-order valence-corrected chi connectivity index (χ0v) is 19.8. The van der Waals surface area contributed by atoms with Crippen molar-refractivity contribution in [1.82, 2.24) is 5.32 Å². The average Bonchev–Trinajstić information content (AvgIpc) is 2.82. The Hall–Kier alpha value is -3.21. The second-order valence-electron chi connectivity index (χ2n) is 7.13. The van der Waals surface area contributed by atoms with Crippen LogP contribution in [-0.4, -0.2) is 24.3 Å². The maximum absolute atomic E-state index is 13.2. The summed E-state index contributed by atoms with van der Waals surface area (Å²) in [4.78, 5) is 25.1. The predicted molar refractivity (Wildman–Crippen MR) is 128 cm³/mol. The van der Waals surface area contributed by atoms with Gasteiger partial charge in [0.1, 0.15) is 6.61 Å². The van der Waals surface area contributed by atoms with Gasteiger partial charge in [-0.25, -0.2) is 4.79 Å². The van der Waals surface area contributed by atoms with Crippen molar-refractivity contribution in [3.8, 4) is 6.07 Å². The molecule has 0 saturated carbocycles. The maximum Gasteiger partial charge on any atom is 0.337 e. The van der Waals surface area contributed by atoms with Crippen molar-refractivity contribution in [2.45, 2.75) is 26.4 Å². The molecule has 0 fully saturated rings. The summed E-state index contributed by atoms with van der Waals surface area (Å²) >= 11 is 7.63. The third-order valence-corrected chi connectivity index (χ3v) is 6.27. The molecule has 1 aliphatic heterocycles. The van der Waals surface area contributed by atoms with Gasteiger partial charge < -0.3 is 14.8 Å². The van der Waals surface area contributed by atoms with E-state index >= 15 is 0 Å². The molecule has 0 spiro atoms. The number of rotatable bonds is 8. The molecular formula is C25H23ClN2O4S. The Kier molecular flexibility index (Phi) is 8.58. The molecule has 1 aliphatic rings. The van der Waals surface area contributed by atoms with Crippen LogP contribution in [0, 0.1) is 11.3 Å². The summed E-state index contributed by atoms with van der Waals surface area (Å²) in [6, 6.07) is 18.6. The Balaban J connectivity index is 1.97. The quantitative estimate of drug-likeness (QED) is 0.525. The number of hydrogen-bond donors (Lipinski definition) is 1. The van der Waals surface area contributed by atoms with Gasteiger partial charge in [-0.15, -0.1) is 0 Å². The minimum absolute atomic E-state index is 0.0255. The predicted octanol–water partition coefficient (Wildman–Crippen LogP) is 5.08. The molecule has 0 amide bonds. The molecule has 6 nitrogen and oxygen atoms in total. The number of carbonyl (C=O) groups is 2. The lowest BCUT2D eigenvalue weighted by Crippen LogP contribution is -2.29. The molecule has 2 aromatic carbocycles. The maximum atomic E-state index is 13.2. The Morgan fingerprint density at radius 3 is 2.48 bits per heavy atom. The third kappa shape index (κ3) is 5.98. The van der Waals surface area contributed by atoms with E-state index in [9.17, 15) is 14.9 Å². The first kappa shape index (κ1) is 24.4. The summed E-state index contributed by atoms with van der Waals surface area (Å²) in [7, 11) is 0. The number of dihydropyridines is 1. The molecule has 170 valence electrons. The number of nitrogens with one attached hydrogen (secondary N) is 1. The van der Waals surface area contributed by atoms with Gasteiger partial charge >= 0.3 is 11.9 Å². The SMILES string of the molecule is CCOC(=O)CSC1=C(C#N)[C@@H](c2ccccc2Cl)C(C(=O)OCc2ccccc2)=C(C)N1. The Morgan fingerprint density at radius 2 is 1.82 bits per heavy atom. The van der Waals surface area contributed by atoms with Crippen LogP contribution in [0.4, 0.5) is 0 Å². The van der Waals surface area contributed by atoms with Crippen LogP contribution in [0.25, 0.3) is 0 Å². The fourth-order valence-corrected chi connectivity index (χ4v) is 4.59. The smallest absolute Gasteiger partial charge is 0.337 e. The summed E-state index contributed by atoms with van der Waals surface area (Å²) in [5.41, 5.74) is 2.58. The van der Waals surface area contributed by atoms with E-state index in [-0.39, 0.29) is 24.5 Å². The first-order valence-corrected chi connectivity index (χ1v) is 11.7. The minimum Gasteiger partial charge on any atom is -0.465 e. The van der Waals surface area contributed by atoms with Gasteiger partial charge in [-0.05, 0) is 31.0 Å². The fourth-order valence-electron chi connectivity index (χ4n) is 3.45. The number of esters is 2. The van der Waals surface area contributed by atoms with Crippen LogP contribution in [-0.2, 0) is 25.7 Å². The molecule has 8 heteroatoms. The monoisotopic (exact) mass is 482 g/mol. The number of halogens is 1. The second-order valence-corrected chi connectivity index (χ2v) is 8.52. The molecule has 33 heavy (non-hydrogen) atoms. The van der Waals surface area contributed by atoms with Gasteiger partial charge in [-0.2, -0.15) is 5.26 Å². The number of hydrogen-bond acceptors (Lipinski definition) is 7. The van der Waals surface area contributed by atoms with Crippen LogP contribution in [0.2, 0.25) is 5.02 Å². The zero-order valence-electron chi connectivity index (χ0n) is 18.3. The molecule has 0 aromatic heterocycles. The summed E-state index contributed by atoms with van der Waals surface area (Å²) in [5.74, 6) is -1.65. The van der Waals surface area contributed by atoms with E-state index < -0.39 is 17.9 Å². The van der Waals surface area contributed by atoms with Gasteiger partial charge in [-0.1, -0.05) is 71.9 Å². The van der Waals surface area contributed by atoms with E-state index in [0.717, 1.165) is 17.3 Å². The van der Waals surface area contributed by atoms with Crippen molar-refractivity contribution in [3.63, 3.8) is 0 Å². The Bertz CT molecular complexity index is 1140. The fraction of sp³-hybridized carbons (Fsp3) is 0.240. The molecule has 2 aromatic rings. The summed E-state index contributed by atoms with van der Waals surface area (Å²) in [6.45, 7) is 3.84. The topological polar surface area (TPSA) is 88.4 Å². The van der Waals surface area contributed by atoms with E-state index in [0.29, 0.717) is 26.9 Å². The number of thioether (sulfide) groups is 1. The van der Waals surface area contributed by atoms with Crippen molar-refractivity contribution < 1.29 is 19.1 Å². The number of carbonyl (C=O) groups excluding carboxylic acids is 2. The Labute approximate surface area is 202 Å². The van der Waals surface area contributed by atoms with E-state index in [1.807, 2.05) is 30.3 Å². The first-order valence-electron chi connectivity index (χ1n) is 10.3. The molecule has 0 saturated heterocycles. The van der Waals surface area contributed by atoms with Gasteiger partial charge in [-0.3, -0.25) is 4.79 Å². The molecule has 0 unspecified atom stereocenters. The van der Waals surface area contributed by atoms with Crippen molar-refractivity contribution in [3.05, 3.63) is 92.6 Å². The summed E-state index contributed by atoms with van der Waals surface area (Å²) in [5, 5.41) is 14.1. The first-order chi connectivity index (χ1) is 16.0. The van der Waals surface area contributed by atoms with Crippen LogP contribution in [0.15, 0.2) is 76.5 Å². The van der Waals surface area contributed by atoms with Crippen molar-refractivity contribution >= 4 is 35.3 Å². The second kappa shape index (κ2) is 11.6. The molecule has 0 aliphatic carbocycles. The molecule has 0 bridgehead atoms. The number of nitrogens with zero attached hydrogens (tertiary/aromatic N) is 1. The van der Waals surface area contributed by atoms with Gasteiger partial charge in [0.05, 0.1) is 40.5 Å². The molecule has 0 radical (unpaired) electrons. The van der Waals surface area contributed by atoms with Crippen LogP contribution in [0.1, 0.15) is 30.9 Å². The standard InChI is InChI=1S/C25H23ClN2O4S/c1-3-31-21(29)15-33-24-19(13-27)23(18-11-7-8-12-20(18)26)22(16(2)28-24)25(30)32-14-17-9-5-4-6-10-17/h4-12,23,28H,3,14-15H2,1-2H3/t23-/m1/s1. The average molecular weight is 483 g/mol. The largest absolute Gasteiger partial charge is 0.465 e. The lowest BCUT2D eigenvalue weighted by molar-refractivity contribution is -0.141. The number of benzene rings is 2. The van der Waals surface area contributed by atoms with E-state index in [4.69, 9.17) is 21.1 Å². The lowest BCUT2D eigenvalue weighted by Gasteiger charge is -2.29. The highest BCUT2D eigenvalue weighted by molar-refractivity contribution is 8.03. The van der Waals surface area contributed by atoms with Gasteiger partial charge in [0, 0.05) is 10.7 Å². The van der Waals surface area contributed by atoms with E-state index in [1.54, 1.807) is 38.1 Å². The highest BCUT2D eigenvalue weighted by Gasteiger charge is 2.36. The van der Waals surface area contributed by atoms with Gasteiger partial charge in [0.25, 0.3) is 0 Å². The van der Waals surface area contributed by atoms with Crippen molar-refractivity contribution in [2.24, 2.45) is 0 Å². The minimum atomic E-state index is -0.738. The van der Waals surface area contributed by atoms with E-state index in [1.165, 1.54) is 0 Å². The van der Waals surface area contributed by atoms with Crippen LogP contribution >= 0.6 is 23.4 Å². The lowest BCUT2D eigenvalue weighted by atomic mass is 9.82. The van der Waals surface area contributed by atoms with Gasteiger partial charge in [0.2, 0.25) is 0 Å². The van der Waals surface area contributed by atoms with E-state index in [2.05, 4.69) is 11.4 Å². The van der Waals surface area contributed by atoms with Crippen molar-refractivity contribution in [2.75, 3.05) is 12.4 Å². The van der Waals surface area contributed by atoms with Crippen LogP contribution in [0.3, 0.4) is 0 Å². The molecule has 1 N–H and O–H groups in total. The Morgan fingerprint density at radius 1 is 1.12 bits per heavy atom. The normalized spacial score (nSPS) is 15.5. The number of allylic oxidation sites excluding steroid dienone is 2. The van der Waals surface area contributed by atoms with Gasteiger partial charge in [0.15, 0.2) is 0 Å². The van der Waals surface area contributed by atoms with Crippen LogP contribution < -0.4 is 5.32 Å². The third-order valence-electron chi connectivity index (χ3n) is 4.94. The molecule has 1 heterocycles. The van der Waals surface area contributed by atoms with Crippen molar-refractivity contribution in [1.29, 1.82) is 5.26 Å². The highest BCUT2D eigenvalue weighted by Crippen LogP contribution is 2.43.